The van der Waals surface area contributed by atoms with Crippen molar-refractivity contribution in [3.05, 3.63) is 29.8 Å². The summed E-state index contributed by atoms with van der Waals surface area (Å²) in [5, 5.41) is 3.31. The number of methoxy groups -OCH3 is 1. The maximum absolute atomic E-state index is 12.4. The van der Waals surface area contributed by atoms with E-state index in [-0.39, 0.29) is 5.78 Å². The fourth-order valence-corrected chi connectivity index (χ4v) is 1.76. The van der Waals surface area contributed by atoms with Gasteiger partial charge in [0.1, 0.15) is 5.75 Å². The van der Waals surface area contributed by atoms with Crippen molar-refractivity contribution in [3.8, 4) is 5.75 Å². The van der Waals surface area contributed by atoms with Crippen molar-refractivity contribution in [1.29, 1.82) is 0 Å². The van der Waals surface area contributed by atoms with E-state index in [1.807, 2.05) is 38.1 Å². The number of Topliss-reactive ketones (excluding diaryl/α,β-unsaturated/α-hetero) is 1. The molecule has 0 bridgehead atoms. The molecule has 1 aromatic rings. The molecular formula is C15H23NO2. The van der Waals surface area contributed by atoms with Crippen molar-refractivity contribution >= 4 is 5.78 Å². The molecule has 0 aromatic heterocycles. The average molecular weight is 249 g/mol. The van der Waals surface area contributed by atoms with E-state index >= 15 is 0 Å². The van der Waals surface area contributed by atoms with Gasteiger partial charge >= 0.3 is 0 Å². The summed E-state index contributed by atoms with van der Waals surface area (Å²) in [4.78, 5) is 12.4. The number of hydrogen-bond donors (Lipinski definition) is 1. The molecule has 1 rings (SSSR count). The molecule has 0 aliphatic rings. The molecule has 0 aliphatic carbocycles. The number of rotatable bonds is 7. The summed E-state index contributed by atoms with van der Waals surface area (Å²) in [5.74, 6) is 0.879. The lowest BCUT2D eigenvalue weighted by molar-refractivity contribution is 0.0882. The first-order chi connectivity index (χ1) is 8.51. The first-order valence-electron chi connectivity index (χ1n) is 6.45. The summed E-state index contributed by atoms with van der Waals surface area (Å²) < 4.78 is 5.09. The molecular weight excluding hydrogens is 226 g/mol. The van der Waals surface area contributed by atoms with Crippen LogP contribution in [0.25, 0.3) is 0 Å². The highest BCUT2D eigenvalue weighted by molar-refractivity contribution is 6.02. The number of carbonyl (C=O) groups excluding carboxylic acids is 1. The van der Waals surface area contributed by atoms with Gasteiger partial charge in [-0.3, -0.25) is 4.79 Å². The Balaban J connectivity index is 2.71. The molecule has 0 aliphatic heterocycles. The molecule has 0 saturated carbocycles. The van der Waals surface area contributed by atoms with Crippen molar-refractivity contribution in [2.24, 2.45) is 0 Å². The number of ketones is 1. The van der Waals surface area contributed by atoms with Crippen molar-refractivity contribution < 1.29 is 9.53 Å². The predicted molar refractivity (Wildman–Crippen MR) is 74.3 cm³/mol. The molecule has 1 aromatic carbocycles. The van der Waals surface area contributed by atoms with Crippen LogP contribution < -0.4 is 10.1 Å². The van der Waals surface area contributed by atoms with E-state index in [1.54, 1.807) is 7.11 Å². The molecule has 0 amide bonds. The minimum atomic E-state index is -0.524. The Morgan fingerprint density at radius 1 is 1.28 bits per heavy atom. The van der Waals surface area contributed by atoms with Crippen LogP contribution in [0, 0.1) is 0 Å². The van der Waals surface area contributed by atoms with Gasteiger partial charge < -0.3 is 10.1 Å². The Morgan fingerprint density at radius 3 is 2.39 bits per heavy atom. The Hall–Kier alpha value is -1.35. The molecule has 0 heterocycles. The zero-order valence-electron chi connectivity index (χ0n) is 11.7. The van der Waals surface area contributed by atoms with Gasteiger partial charge in [-0.05, 0) is 51.1 Å². The molecule has 3 heteroatoms. The van der Waals surface area contributed by atoms with Crippen LogP contribution in [0.4, 0.5) is 0 Å². The van der Waals surface area contributed by atoms with Crippen molar-refractivity contribution in [2.75, 3.05) is 13.7 Å². The maximum atomic E-state index is 12.4. The van der Waals surface area contributed by atoms with Crippen LogP contribution in [-0.2, 0) is 0 Å². The second kappa shape index (κ2) is 6.55. The maximum Gasteiger partial charge on any atom is 0.182 e. The molecule has 0 saturated heterocycles. The van der Waals surface area contributed by atoms with Crippen molar-refractivity contribution in [1.82, 2.24) is 5.32 Å². The molecule has 0 unspecified atom stereocenters. The van der Waals surface area contributed by atoms with Crippen LogP contribution in [0.15, 0.2) is 24.3 Å². The SMILES string of the molecule is CCCCNC(C)(C)C(=O)c1ccc(OC)cc1. The Morgan fingerprint density at radius 2 is 1.89 bits per heavy atom. The number of carbonyl (C=O) groups is 1. The molecule has 0 radical (unpaired) electrons. The zero-order valence-corrected chi connectivity index (χ0v) is 11.7. The number of benzene rings is 1. The highest BCUT2D eigenvalue weighted by Crippen LogP contribution is 2.17. The third kappa shape index (κ3) is 3.84. The van der Waals surface area contributed by atoms with Gasteiger partial charge in [0.25, 0.3) is 0 Å². The quantitative estimate of drug-likeness (QED) is 0.596. The summed E-state index contributed by atoms with van der Waals surface area (Å²) in [6.07, 6.45) is 2.21. The molecule has 3 nitrogen and oxygen atoms in total. The molecule has 100 valence electrons. The average Bonchev–Trinajstić information content (AvgIpc) is 2.38. The summed E-state index contributed by atoms with van der Waals surface area (Å²) in [6.45, 7) is 6.86. The number of hydrogen-bond acceptors (Lipinski definition) is 3. The van der Waals surface area contributed by atoms with E-state index < -0.39 is 5.54 Å². The Kier molecular flexibility index (Phi) is 5.35. The standard InChI is InChI=1S/C15H23NO2/c1-5-6-11-16-15(2,3)14(17)12-7-9-13(18-4)10-8-12/h7-10,16H,5-6,11H2,1-4H3. The summed E-state index contributed by atoms with van der Waals surface area (Å²) >= 11 is 0. The fourth-order valence-electron chi connectivity index (χ4n) is 1.76. The second-order valence-corrected chi connectivity index (χ2v) is 4.96. The van der Waals surface area contributed by atoms with Crippen LogP contribution in [-0.4, -0.2) is 25.0 Å². The summed E-state index contributed by atoms with van der Waals surface area (Å²) in [5.41, 5.74) is 0.189. The van der Waals surface area contributed by atoms with E-state index in [0.717, 1.165) is 25.1 Å². The van der Waals surface area contributed by atoms with Crippen LogP contribution in [0.1, 0.15) is 44.0 Å². The van der Waals surface area contributed by atoms with E-state index in [9.17, 15) is 4.79 Å². The van der Waals surface area contributed by atoms with Gasteiger partial charge in [0.05, 0.1) is 12.6 Å². The van der Waals surface area contributed by atoms with Gasteiger partial charge in [0.15, 0.2) is 5.78 Å². The number of nitrogens with one attached hydrogen (secondary N) is 1. The topological polar surface area (TPSA) is 38.3 Å². The zero-order chi connectivity index (χ0) is 13.6. The summed E-state index contributed by atoms with van der Waals surface area (Å²) in [7, 11) is 1.62. The number of unbranched alkanes of at least 4 members (excludes halogenated alkanes) is 1. The lowest BCUT2D eigenvalue weighted by Crippen LogP contribution is -2.47. The molecule has 18 heavy (non-hydrogen) atoms. The van der Waals surface area contributed by atoms with Gasteiger partial charge in [-0.25, -0.2) is 0 Å². The predicted octanol–water partition coefficient (Wildman–Crippen LogP) is 3.05. The number of ether oxygens (including phenoxy) is 1. The van der Waals surface area contributed by atoms with Gasteiger partial charge in [-0.2, -0.15) is 0 Å². The first-order valence-corrected chi connectivity index (χ1v) is 6.45. The van der Waals surface area contributed by atoms with Gasteiger partial charge in [-0.15, -0.1) is 0 Å². The van der Waals surface area contributed by atoms with E-state index in [0.29, 0.717) is 5.56 Å². The lowest BCUT2D eigenvalue weighted by Gasteiger charge is -2.25. The Labute approximate surface area is 110 Å². The molecule has 0 fully saturated rings. The van der Waals surface area contributed by atoms with Gasteiger partial charge in [-0.1, -0.05) is 13.3 Å². The highest BCUT2D eigenvalue weighted by atomic mass is 16.5. The van der Waals surface area contributed by atoms with Crippen LogP contribution in [0.2, 0.25) is 0 Å². The molecule has 0 spiro atoms. The molecule has 1 N–H and O–H groups in total. The van der Waals surface area contributed by atoms with Crippen molar-refractivity contribution in [2.45, 2.75) is 39.2 Å². The third-order valence-corrected chi connectivity index (χ3v) is 3.02. The second-order valence-electron chi connectivity index (χ2n) is 4.96. The minimum Gasteiger partial charge on any atom is -0.497 e. The largest absolute Gasteiger partial charge is 0.497 e. The van der Waals surface area contributed by atoms with Gasteiger partial charge in [0.2, 0.25) is 0 Å². The fraction of sp³-hybridized carbons (Fsp3) is 0.533. The van der Waals surface area contributed by atoms with Crippen LogP contribution in [0.5, 0.6) is 5.75 Å². The van der Waals surface area contributed by atoms with Crippen LogP contribution >= 0.6 is 0 Å². The van der Waals surface area contributed by atoms with E-state index in [4.69, 9.17) is 4.74 Å². The lowest BCUT2D eigenvalue weighted by atomic mass is 9.93. The monoisotopic (exact) mass is 249 g/mol. The van der Waals surface area contributed by atoms with Crippen LogP contribution in [0.3, 0.4) is 0 Å². The normalized spacial score (nSPS) is 11.3. The van der Waals surface area contributed by atoms with E-state index in [2.05, 4.69) is 12.2 Å². The third-order valence-electron chi connectivity index (χ3n) is 3.02. The highest BCUT2D eigenvalue weighted by Gasteiger charge is 2.27. The minimum absolute atomic E-state index is 0.112. The smallest absolute Gasteiger partial charge is 0.182 e. The Bertz CT molecular complexity index is 382. The first kappa shape index (κ1) is 14.7. The van der Waals surface area contributed by atoms with Crippen molar-refractivity contribution in [3.63, 3.8) is 0 Å². The van der Waals surface area contributed by atoms with Gasteiger partial charge in [0, 0.05) is 5.56 Å². The molecule has 0 atom stereocenters. The van der Waals surface area contributed by atoms with E-state index in [1.165, 1.54) is 0 Å². The summed E-state index contributed by atoms with van der Waals surface area (Å²) in [6, 6.07) is 7.25.